The van der Waals surface area contributed by atoms with Crippen molar-refractivity contribution in [2.24, 2.45) is 0 Å². The maximum absolute atomic E-state index is 3.58. The Morgan fingerprint density at radius 1 is 1.10 bits per heavy atom. The third-order valence-corrected chi connectivity index (χ3v) is 4.22. The van der Waals surface area contributed by atoms with E-state index in [9.17, 15) is 0 Å². The topological polar surface area (TPSA) is 15.3 Å². The van der Waals surface area contributed by atoms with Gasteiger partial charge in [-0.1, -0.05) is 40.2 Å². The van der Waals surface area contributed by atoms with E-state index in [1.54, 1.807) is 0 Å². The number of halogens is 1. The molecule has 0 aliphatic carbocycles. The maximum atomic E-state index is 3.58. The van der Waals surface area contributed by atoms with Crippen molar-refractivity contribution in [1.82, 2.24) is 5.32 Å². The Hall–Kier alpha value is -1.32. The van der Waals surface area contributed by atoms with Crippen molar-refractivity contribution < 1.29 is 0 Å². The van der Waals surface area contributed by atoms with Crippen LogP contribution in [-0.2, 0) is 0 Å². The maximum Gasteiger partial charge on any atom is 0.0467 e. The van der Waals surface area contributed by atoms with Crippen molar-refractivity contribution in [3.05, 3.63) is 58.1 Å². The summed E-state index contributed by atoms with van der Waals surface area (Å²) in [6.45, 7) is 4.32. The highest BCUT2D eigenvalue weighted by Crippen LogP contribution is 2.34. The minimum Gasteiger partial charge on any atom is -0.344 e. The van der Waals surface area contributed by atoms with Gasteiger partial charge in [0.1, 0.15) is 0 Å². The summed E-state index contributed by atoms with van der Waals surface area (Å²) in [5, 5.41) is 3.32. The third-order valence-electron chi connectivity index (χ3n) is 3.73. The fourth-order valence-electron chi connectivity index (χ4n) is 2.40. The van der Waals surface area contributed by atoms with Gasteiger partial charge in [0.2, 0.25) is 0 Å². The number of nitrogens with one attached hydrogen (secondary N) is 1. The van der Waals surface area contributed by atoms with Gasteiger partial charge in [0.05, 0.1) is 0 Å². The zero-order chi connectivity index (χ0) is 14.7. The first-order valence-corrected chi connectivity index (χ1v) is 7.60. The van der Waals surface area contributed by atoms with Crippen molar-refractivity contribution >= 4 is 27.3 Å². The van der Waals surface area contributed by atoms with Crippen molar-refractivity contribution in [3.63, 3.8) is 0 Å². The molecule has 0 fully saturated rings. The van der Waals surface area contributed by atoms with E-state index in [4.69, 9.17) is 0 Å². The highest BCUT2D eigenvalue weighted by atomic mass is 79.9. The Balaban J connectivity index is 2.51. The SMILES string of the molecule is CNC(C)c1ccc(Br)cc1N(C)c1ccccc1C. The second-order valence-electron chi connectivity index (χ2n) is 5.06. The van der Waals surface area contributed by atoms with E-state index in [1.807, 2.05) is 7.05 Å². The number of benzene rings is 2. The zero-order valence-corrected chi connectivity index (χ0v) is 14.0. The fraction of sp³-hybridized carbons (Fsp3) is 0.294. The second-order valence-corrected chi connectivity index (χ2v) is 5.97. The van der Waals surface area contributed by atoms with Crippen LogP contribution >= 0.6 is 15.9 Å². The van der Waals surface area contributed by atoms with Crippen molar-refractivity contribution in [1.29, 1.82) is 0 Å². The van der Waals surface area contributed by atoms with Gasteiger partial charge in [-0.15, -0.1) is 0 Å². The lowest BCUT2D eigenvalue weighted by molar-refractivity contribution is 0.652. The molecule has 0 spiro atoms. The lowest BCUT2D eigenvalue weighted by Gasteiger charge is -2.26. The van der Waals surface area contributed by atoms with Crippen molar-refractivity contribution in [3.8, 4) is 0 Å². The van der Waals surface area contributed by atoms with Crippen LogP contribution in [0.15, 0.2) is 46.9 Å². The smallest absolute Gasteiger partial charge is 0.0467 e. The van der Waals surface area contributed by atoms with Crippen molar-refractivity contribution in [2.45, 2.75) is 19.9 Å². The number of nitrogens with zero attached hydrogens (tertiary/aromatic N) is 1. The van der Waals surface area contributed by atoms with E-state index in [2.05, 4.69) is 89.5 Å². The number of hydrogen-bond donors (Lipinski definition) is 1. The predicted octanol–water partition coefficient (Wildman–Crippen LogP) is 4.81. The van der Waals surface area contributed by atoms with E-state index in [0.29, 0.717) is 6.04 Å². The molecule has 0 aromatic heterocycles. The van der Waals surface area contributed by atoms with E-state index in [1.165, 1.54) is 22.5 Å². The minimum atomic E-state index is 0.310. The number of para-hydroxylation sites is 1. The lowest BCUT2D eigenvalue weighted by Crippen LogP contribution is -2.18. The highest BCUT2D eigenvalue weighted by molar-refractivity contribution is 9.10. The molecule has 0 amide bonds. The molecule has 2 aromatic rings. The molecule has 20 heavy (non-hydrogen) atoms. The van der Waals surface area contributed by atoms with Gasteiger partial charge in [0, 0.05) is 28.9 Å². The number of rotatable bonds is 4. The molecule has 1 unspecified atom stereocenters. The third kappa shape index (κ3) is 3.05. The highest BCUT2D eigenvalue weighted by Gasteiger charge is 2.15. The molecule has 0 saturated heterocycles. The van der Waals surface area contributed by atoms with Gasteiger partial charge in [-0.2, -0.15) is 0 Å². The van der Waals surface area contributed by atoms with E-state index >= 15 is 0 Å². The van der Waals surface area contributed by atoms with Gasteiger partial charge in [0.25, 0.3) is 0 Å². The van der Waals surface area contributed by atoms with Gasteiger partial charge in [-0.25, -0.2) is 0 Å². The predicted molar refractivity (Wildman–Crippen MR) is 90.9 cm³/mol. The summed E-state index contributed by atoms with van der Waals surface area (Å²) in [7, 11) is 4.11. The summed E-state index contributed by atoms with van der Waals surface area (Å²) in [5.41, 5.74) is 5.02. The Bertz CT molecular complexity index is 595. The number of hydrogen-bond acceptors (Lipinski definition) is 2. The normalized spacial score (nSPS) is 12.2. The first kappa shape index (κ1) is 15.1. The van der Waals surface area contributed by atoms with Gasteiger partial charge in [-0.3, -0.25) is 0 Å². The summed E-state index contributed by atoms with van der Waals surface area (Å²) < 4.78 is 1.10. The second kappa shape index (κ2) is 6.42. The molecule has 3 heteroatoms. The molecule has 1 N–H and O–H groups in total. The van der Waals surface area contributed by atoms with Crippen LogP contribution in [0.25, 0.3) is 0 Å². The molecular formula is C17H21BrN2. The quantitative estimate of drug-likeness (QED) is 0.864. The van der Waals surface area contributed by atoms with Gasteiger partial charge in [-0.05, 0) is 50.2 Å². The minimum absolute atomic E-state index is 0.310. The summed E-state index contributed by atoms with van der Waals surface area (Å²) in [4.78, 5) is 2.25. The monoisotopic (exact) mass is 332 g/mol. The molecule has 106 valence electrons. The molecule has 2 rings (SSSR count). The van der Waals surface area contributed by atoms with Crippen LogP contribution in [0.4, 0.5) is 11.4 Å². The Morgan fingerprint density at radius 2 is 1.80 bits per heavy atom. The molecule has 2 aromatic carbocycles. The zero-order valence-electron chi connectivity index (χ0n) is 12.4. The van der Waals surface area contributed by atoms with Crippen LogP contribution in [0.2, 0.25) is 0 Å². The molecule has 0 aliphatic rings. The average Bonchev–Trinajstić information content (AvgIpc) is 2.46. The molecule has 0 radical (unpaired) electrons. The number of anilines is 2. The molecule has 0 bridgehead atoms. The molecule has 0 heterocycles. The Morgan fingerprint density at radius 3 is 2.45 bits per heavy atom. The van der Waals surface area contributed by atoms with Crippen LogP contribution < -0.4 is 10.2 Å². The van der Waals surface area contributed by atoms with E-state index in [0.717, 1.165) is 4.47 Å². The summed E-state index contributed by atoms with van der Waals surface area (Å²) in [5.74, 6) is 0. The van der Waals surface area contributed by atoms with E-state index in [-0.39, 0.29) is 0 Å². The molecule has 1 atom stereocenters. The fourth-order valence-corrected chi connectivity index (χ4v) is 2.75. The van der Waals surface area contributed by atoms with Crippen LogP contribution in [0.3, 0.4) is 0 Å². The number of aryl methyl sites for hydroxylation is 1. The molecule has 2 nitrogen and oxygen atoms in total. The van der Waals surface area contributed by atoms with Gasteiger partial charge < -0.3 is 10.2 Å². The standard InChI is InChI=1S/C17H21BrN2/c1-12-7-5-6-8-16(12)20(4)17-11-14(18)9-10-15(17)13(2)19-3/h5-11,13,19H,1-4H3. The largest absolute Gasteiger partial charge is 0.344 e. The van der Waals surface area contributed by atoms with Crippen LogP contribution in [0.5, 0.6) is 0 Å². The van der Waals surface area contributed by atoms with Crippen molar-refractivity contribution in [2.75, 3.05) is 19.0 Å². The Labute approximate surface area is 129 Å². The first-order chi connectivity index (χ1) is 9.54. The molecular weight excluding hydrogens is 312 g/mol. The summed E-state index contributed by atoms with van der Waals surface area (Å²) >= 11 is 3.58. The van der Waals surface area contributed by atoms with Gasteiger partial charge >= 0.3 is 0 Å². The van der Waals surface area contributed by atoms with Crippen LogP contribution in [0, 0.1) is 6.92 Å². The van der Waals surface area contributed by atoms with E-state index < -0.39 is 0 Å². The average molecular weight is 333 g/mol. The molecule has 0 saturated carbocycles. The summed E-state index contributed by atoms with van der Waals surface area (Å²) in [6, 6.07) is 15.2. The Kier molecular flexibility index (Phi) is 4.84. The molecule has 0 aliphatic heterocycles. The first-order valence-electron chi connectivity index (χ1n) is 6.80. The van der Waals surface area contributed by atoms with Gasteiger partial charge in [0.15, 0.2) is 0 Å². The van der Waals surface area contributed by atoms with Crippen LogP contribution in [0.1, 0.15) is 24.1 Å². The summed E-state index contributed by atoms with van der Waals surface area (Å²) in [6.07, 6.45) is 0. The van der Waals surface area contributed by atoms with Crippen LogP contribution in [-0.4, -0.2) is 14.1 Å². The lowest BCUT2D eigenvalue weighted by atomic mass is 10.0.